The smallest absolute Gasteiger partial charge is 0.406 e. The highest BCUT2D eigenvalue weighted by Gasteiger charge is 2.39. The Balaban J connectivity index is 2.07. The molecule has 1 N–H and O–H groups in total. The van der Waals surface area contributed by atoms with Gasteiger partial charge >= 0.3 is 12.4 Å². The highest BCUT2D eigenvalue weighted by molar-refractivity contribution is 6.30. The number of urea groups is 1. The molecule has 0 fully saturated rings. The van der Waals surface area contributed by atoms with Crippen molar-refractivity contribution < 1.29 is 27.8 Å². The number of carbonyl (C=O) groups excluding carboxylic acids is 1. The number of aryl methyl sites for hydroxylation is 1. The first kappa shape index (κ1) is 24.4. The molecule has 5 nitrogen and oxygen atoms in total. The number of nitrogens with zero attached hydrogens (tertiary/aromatic N) is 2. The molecule has 9 heteroatoms. The number of alkyl halides is 3. The first-order chi connectivity index (χ1) is 15.4. The van der Waals surface area contributed by atoms with Crippen molar-refractivity contribution in [3.63, 3.8) is 0 Å². The molecule has 3 aromatic rings. The Kier molecular flexibility index (Phi) is 6.90. The van der Waals surface area contributed by atoms with Crippen LogP contribution in [-0.2, 0) is 5.72 Å². The minimum absolute atomic E-state index is 0.0184. The van der Waals surface area contributed by atoms with Gasteiger partial charge < -0.3 is 9.84 Å². The van der Waals surface area contributed by atoms with Crippen LogP contribution in [0.25, 0.3) is 0 Å². The van der Waals surface area contributed by atoms with E-state index in [-0.39, 0.29) is 11.3 Å². The Morgan fingerprint density at radius 1 is 0.970 bits per heavy atom. The lowest BCUT2D eigenvalue weighted by molar-refractivity contribution is -0.274. The lowest BCUT2D eigenvalue weighted by Crippen LogP contribution is -2.53. The zero-order chi connectivity index (χ0) is 24.4. The van der Waals surface area contributed by atoms with E-state index in [1.807, 2.05) is 19.1 Å². The summed E-state index contributed by atoms with van der Waals surface area (Å²) in [7, 11) is 1.54. The number of hydrogen-bond donors (Lipinski definition) is 1. The van der Waals surface area contributed by atoms with Gasteiger partial charge in [0, 0.05) is 29.0 Å². The van der Waals surface area contributed by atoms with E-state index < -0.39 is 23.9 Å². The van der Waals surface area contributed by atoms with Gasteiger partial charge in [0.25, 0.3) is 0 Å². The highest BCUT2D eigenvalue weighted by Crippen LogP contribution is 2.35. The van der Waals surface area contributed by atoms with E-state index in [1.165, 1.54) is 43.1 Å². The molecule has 0 aliphatic carbocycles. The third-order valence-corrected chi connectivity index (χ3v) is 5.29. The zero-order valence-corrected chi connectivity index (χ0v) is 18.9. The molecule has 0 saturated carbocycles. The Bertz CT molecular complexity index is 1120. The van der Waals surface area contributed by atoms with Crippen molar-refractivity contribution in [3.8, 4) is 5.75 Å². The third-order valence-electron chi connectivity index (χ3n) is 5.03. The molecule has 3 aromatic carbocycles. The highest BCUT2D eigenvalue weighted by atomic mass is 35.5. The van der Waals surface area contributed by atoms with Gasteiger partial charge in [-0.1, -0.05) is 41.4 Å². The molecule has 33 heavy (non-hydrogen) atoms. The monoisotopic (exact) mass is 478 g/mol. The predicted octanol–water partition coefficient (Wildman–Crippen LogP) is 6.48. The first-order valence-electron chi connectivity index (χ1n) is 9.87. The molecule has 2 amide bonds. The Hall–Kier alpha value is -3.23. The molecule has 0 radical (unpaired) electrons. The third kappa shape index (κ3) is 5.77. The van der Waals surface area contributed by atoms with E-state index in [0.717, 1.165) is 22.6 Å². The number of carbonyl (C=O) groups is 1. The largest absolute Gasteiger partial charge is 0.573 e. The van der Waals surface area contributed by atoms with E-state index in [0.29, 0.717) is 10.7 Å². The maximum atomic E-state index is 13.6. The van der Waals surface area contributed by atoms with E-state index in [4.69, 9.17) is 11.6 Å². The molecule has 1 atom stereocenters. The second kappa shape index (κ2) is 9.33. The molecule has 1 unspecified atom stereocenters. The van der Waals surface area contributed by atoms with Gasteiger partial charge in [-0.15, -0.1) is 13.2 Å². The maximum Gasteiger partial charge on any atom is 0.573 e. The molecule has 0 heterocycles. The molecule has 0 saturated heterocycles. The Labute approximate surface area is 194 Å². The summed E-state index contributed by atoms with van der Waals surface area (Å²) in [5.74, 6) is -0.518. The van der Waals surface area contributed by atoms with Gasteiger partial charge in [0.15, 0.2) is 5.72 Å². The molecular weight excluding hydrogens is 457 g/mol. The van der Waals surface area contributed by atoms with Gasteiger partial charge in [0.2, 0.25) is 0 Å². The minimum atomic E-state index is -4.90. The number of hydrogen-bond acceptors (Lipinski definition) is 3. The van der Waals surface area contributed by atoms with Crippen LogP contribution in [0.4, 0.5) is 29.3 Å². The van der Waals surface area contributed by atoms with Gasteiger partial charge in [-0.05, 0) is 62.4 Å². The molecule has 0 bridgehead atoms. The van der Waals surface area contributed by atoms with Crippen LogP contribution in [0.3, 0.4) is 0 Å². The number of anilines is 2. The normalized spacial score (nSPS) is 13.2. The Morgan fingerprint density at radius 2 is 1.55 bits per heavy atom. The van der Waals surface area contributed by atoms with Crippen molar-refractivity contribution in [1.82, 2.24) is 0 Å². The maximum absolute atomic E-state index is 13.6. The fourth-order valence-corrected chi connectivity index (χ4v) is 3.41. The topological polar surface area (TPSA) is 53.0 Å². The summed E-state index contributed by atoms with van der Waals surface area (Å²) >= 11 is 5.98. The molecule has 0 spiro atoms. The first-order valence-corrected chi connectivity index (χ1v) is 10.2. The van der Waals surface area contributed by atoms with Crippen LogP contribution in [0.1, 0.15) is 18.1 Å². The second-order valence-corrected chi connectivity index (χ2v) is 8.02. The van der Waals surface area contributed by atoms with Crippen LogP contribution in [0.15, 0.2) is 72.8 Å². The number of ether oxygens (including phenoxy) is 1. The Morgan fingerprint density at radius 3 is 2.12 bits per heavy atom. The zero-order valence-electron chi connectivity index (χ0n) is 18.1. The average molecular weight is 479 g/mol. The second-order valence-electron chi connectivity index (χ2n) is 7.59. The van der Waals surface area contributed by atoms with Crippen LogP contribution < -0.4 is 14.5 Å². The molecule has 0 aromatic heterocycles. The summed E-state index contributed by atoms with van der Waals surface area (Å²) < 4.78 is 42.1. The van der Waals surface area contributed by atoms with Gasteiger partial charge in [-0.3, -0.25) is 9.80 Å². The number of amides is 2. The van der Waals surface area contributed by atoms with Crippen molar-refractivity contribution in [1.29, 1.82) is 0 Å². The number of rotatable bonds is 5. The van der Waals surface area contributed by atoms with Crippen LogP contribution in [0.5, 0.6) is 5.75 Å². The van der Waals surface area contributed by atoms with Crippen molar-refractivity contribution >= 4 is 29.0 Å². The quantitative estimate of drug-likeness (QED) is 0.427. The summed E-state index contributed by atoms with van der Waals surface area (Å²) in [5, 5.41) is 11.9. The predicted molar refractivity (Wildman–Crippen MR) is 122 cm³/mol. The van der Waals surface area contributed by atoms with Crippen LogP contribution in [0.2, 0.25) is 5.02 Å². The summed E-state index contributed by atoms with van der Waals surface area (Å²) in [4.78, 5) is 16.0. The molecule has 3 rings (SSSR count). The average Bonchev–Trinajstić information content (AvgIpc) is 2.74. The number of aliphatic hydroxyl groups is 1. The van der Waals surface area contributed by atoms with Crippen molar-refractivity contribution in [3.05, 3.63) is 88.9 Å². The van der Waals surface area contributed by atoms with Gasteiger partial charge in [-0.2, -0.15) is 0 Å². The summed E-state index contributed by atoms with van der Waals surface area (Å²) in [6.07, 6.45) is -4.90. The molecule has 0 aliphatic rings. The fraction of sp³-hybridized carbons (Fsp3) is 0.208. The summed E-state index contributed by atoms with van der Waals surface area (Å²) in [5.41, 5.74) is -0.174. The van der Waals surface area contributed by atoms with Gasteiger partial charge in [-0.25, -0.2) is 4.79 Å². The lowest BCUT2D eigenvalue weighted by atomic mass is 10.0. The summed E-state index contributed by atoms with van der Waals surface area (Å²) in [6, 6.07) is 17.6. The molecular formula is C24H22ClF3N2O3. The van der Waals surface area contributed by atoms with E-state index in [2.05, 4.69) is 4.74 Å². The van der Waals surface area contributed by atoms with Gasteiger partial charge in [0.1, 0.15) is 5.75 Å². The van der Waals surface area contributed by atoms with Gasteiger partial charge in [0.05, 0.1) is 0 Å². The number of halogens is 4. The molecule has 0 aliphatic heterocycles. The van der Waals surface area contributed by atoms with Crippen LogP contribution >= 0.6 is 11.6 Å². The standard InChI is InChI=1S/C24H22ClF3N2O3/c1-16-7-11-19(12-8-16)29(3)22(31)30(20-13-9-18(25)10-14-20)23(2,32)17-5-4-6-21(15-17)33-24(26,27)28/h4-15,32H,1-3H3. The number of benzene rings is 3. The van der Waals surface area contributed by atoms with E-state index in [1.54, 1.807) is 24.3 Å². The van der Waals surface area contributed by atoms with Crippen LogP contribution in [-0.4, -0.2) is 24.5 Å². The van der Waals surface area contributed by atoms with E-state index >= 15 is 0 Å². The minimum Gasteiger partial charge on any atom is -0.406 e. The lowest BCUT2D eigenvalue weighted by Gasteiger charge is -2.39. The van der Waals surface area contributed by atoms with Crippen LogP contribution in [0, 0.1) is 6.92 Å². The SMILES string of the molecule is Cc1ccc(N(C)C(=O)N(c2ccc(Cl)cc2)C(C)(O)c2cccc(OC(F)(F)F)c2)cc1. The van der Waals surface area contributed by atoms with Crippen molar-refractivity contribution in [2.45, 2.75) is 25.9 Å². The fourth-order valence-electron chi connectivity index (χ4n) is 3.28. The molecule has 174 valence electrons. The summed E-state index contributed by atoms with van der Waals surface area (Å²) in [6.45, 7) is 3.22. The van der Waals surface area contributed by atoms with Crippen molar-refractivity contribution in [2.75, 3.05) is 16.8 Å². The van der Waals surface area contributed by atoms with E-state index in [9.17, 15) is 23.1 Å². The van der Waals surface area contributed by atoms with Crippen molar-refractivity contribution in [2.24, 2.45) is 0 Å².